The molecule has 4 heteroatoms. The number of ether oxygens (including phenoxy) is 1. The standard InChI is InChI=1S/C9H8Cl2O2.C3H8/c1-13-9(12)8(11)6-2-4-7(10)5-3-6;1-3-2/h2-5,8H,1H3;3H2,1-2H3. The van der Waals surface area contributed by atoms with E-state index in [-0.39, 0.29) is 0 Å². The van der Waals surface area contributed by atoms with Crippen molar-refractivity contribution in [3.8, 4) is 0 Å². The van der Waals surface area contributed by atoms with Crippen molar-refractivity contribution in [2.45, 2.75) is 25.6 Å². The minimum atomic E-state index is -0.762. The third-order valence-electron chi connectivity index (χ3n) is 1.57. The Bertz CT molecular complexity index is 309. The van der Waals surface area contributed by atoms with Crippen LogP contribution >= 0.6 is 23.2 Å². The van der Waals surface area contributed by atoms with Crippen molar-refractivity contribution in [2.75, 3.05) is 7.11 Å². The zero-order valence-corrected chi connectivity index (χ0v) is 11.2. The number of benzene rings is 1. The molecule has 1 aromatic carbocycles. The molecule has 0 aliphatic carbocycles. The van der Waals surface area contributed by atoms with Crippen LogP contribution in [-0.2, 0) is 9.53 Å². The van der Waals surface area contributed by atoms with E-state index in [1.165, 1.54) is 13.5 Å². The zero-order chi connectivity index (χ0) is 12.6. The van der Waals surface area contributed by atoms with Gasteiger partial charge in [-0.3, -0.25) is 4.79 Å². The SMILES string of the molecule is CCC.COC(=O)C(Cl)c1ccc(Cl)cc1. The molecule has 0 saturated heterocycles. The predicted molar refractivity (Wildman–Crippen MR) is 68.0 cm³/mol. The molecule has 2 nitrogen and oxygen atoms in total. The van der Waals surface area contributed by atoms with Crippen LogP contribution in [0.15, 0.2) is 24.3 Å². The molecule has 1 unspecified atom stereocenters. The van der Waals surface area contributed by atoms with Gasteiger partial charge in [0.15, 0.2) is 5.38 Å². The smallest absolute Gasteiger partial charge is 0.328 e. The molecule has 0 bridgehead atoms. The van der Waals surface area contributed by atoms with Crippen LogP contribution in [0.2, 0.25) is 5.02 Å². The molecule has 0 amide bonds. The van der Waals surface area contributed by atoms with Gasteiger partial charge in [0, 0.05) is 5.02 Å². The summed E-state index contributed by atoms with van der Waals surface area (Å²) in [7, 11) is 1.30. The Labute approximate surface area is 107 Å². The van der Waals surface area contributed by atoms with E-state index in [0.29, 0.717) is 10.6 Å². The summed E-state index contributed by atoms with van der Waals surface area (Å²) in [5.41, 5.74) is 0.679. The van der Waals surface area contributed by atoms with Gasteiger partial charge in [0.2, 0.25) is 0 Å². The van der Waals surface area contributed by atoms with E-state index in [0.717, 1.165) is 0 Å². The first-order chi connectivity index (χ1) is 7.56. The maximum Gasteiger partial charge on any atom is 0.328 e. The van der Waals surface area contributed by atoms with Crippen molar-refractivity contribution in [3.63, 3.8) is 0 Å². The molecule has 16 heavy (non-hydrogen) atoms. The summed E-state index contributed by atoms with van der Waals surface area (Å²) in [6.07, 6.45) is 1.25. The van der Waals surface area contributed by atoms with E-state index in [1.807, 2.05) is 0 Å². The monoisotopic (exact) mass is 262 g/mol. The highest BCUT2D eigenvalue weighted by Crippen LogP contribution is 2.23. The van der Waals surface area contributed by atoms with Crippen molar-refractivity contribution in [1.29, 1.82) is 0 Å². The second-order valence-electron chi connectivity index (χ2n) is 3.14. The van der Waals surface area contributed by atoms with Gasteiger partial charge < -0.3 is 4.74 Å². The molecule has 0 aliphatic rings. The summed E-state index contributed by atoms with van der Waals surface area (Å²) in [6.45, 7) is 4.25. The number of carbonyl (C=O) groups excluding carboxylic acids is 1. The van der Waals surface area contributed by atoms with E-state index in [4.69, 9.17) is 23.2 Å². The molecule has 90 valence electrons. The number of esters is 1. The molecule has 0 heterocycles. The molecule has 0 fully saturated rings. The number of hydrogen-bond donors (Lipinski definition) is 0. The molecule has 1 atom stereocenters. The Hall–Kier alpha value is -0.730. The molecular formula is C12H16Cl2O2. The Morgan fingerprint density at radius 1 is 1.31 bits per heavy atom. The second-order valence-corrected chi connectivity index (χ2v) is 4.02. The van der Waals surface area contributed by atoms with Crippen LogP contribution in [0.4, 0.5) is 0 Å². The fourth-order valence-corrected chi connectivity index (χ4v) is 1.23. The lowest BCUT2D eigenvalue weighted by atomic mass is 10.1. The first-order valence-electron chi connectivity index (χ1n) is 5.04. The predicted octanol–water partition coefficient (Wildman–Crippen LogP) is 4.21. The Morgan fingerprint density at radius 2 is 1.75 bits per heavy atom. The van der Waals surface area contributed by atoms with Gasteiger partial charge in [-0.25, -0.2) is 0 Å². The highest BCUT2D eigenvalue weighted by atomic mass is 35.5. The van der Waals surface area contributed by atoms with Gasteiger partial charge in [0.05, 0.1) is 7.11 Å². The number of carbonyl (C=O) groups is 1. The van der Waals surface area contributed by atoms with Crippen LogP contribution in [0.3, 0.4) is 0 Å². The molecule has 1 aromatic rings. The summed E-state index contributed by atoms with van der Waals surface area (Å²) in [4.78, 5) is 11.0. The fourth-order valence-electron chi connectivity index (χ4n) is 0.871. The number of rotatable bonds is 2. The minimum Gasteiger partial charge on any atom is -0.468 e. The average molecular weight is 263 g/mol. The number of hydrogen-bond acceptors (Lipinski definition) is 2. The molecule has 0 aliphatic heterocycles. The molecule has 0 saturated carbocycles. The van der Waals surface area contributed by atoms with Gasteiger partial charge in [0.25, 0.3) is 0 Å². The highest BCUT2D eigenvalue weighted by molar-refractivity contribution is 6.31. The van der Waals surface area contributed by atoms with E-state index in [2.05, 4.69) is 18.6 Å². The van der Waals surface area contributed by atoms with Crippen molar-refractivity contribution in [2.24, 2.45) is 0 Å². The average Bonchev–Trinajstić information content (AvgIpc) is 2.29. The van der Waals surface area contributed by atoms with E-state index < -0.39 is 11.3 Å². The van der Waals surface area contributed by atoms with Crippen molar-refractivity contribution < 1.29 is 9.53 Å². The van der Waals surface area contributed by atoms with Gasteiger partial charge in [-0.2, -0.15) is 0 Å². The summed E-state index contributed by atoms with van der Waals surface area (Å²) in [6, 6.07) is 6.73. The lowest BCUT2D eigenvalue weighted by Gasteiger charge is -2.06. The zero-order valence-electron chi connectivity index (χ0n) is 9.67. The van der Waals surface area contributed by atoms with E-state index >= 15 is 0 Å². The molecule has 1 rings (SSSR count). The number of halogens is 2. The fraction of sp³-hybridized carbons (Fsp3) is 0.417. The number of alkyl halides is 1. The van der Waals surface area contributed by atoms with Crippen LogP contribution < -0.4 is 0 Å². The van der Waals surface area contributed by atoms with Crippen LogP contribution in [0.1, 0.15) is 31.2 Å². The molecule has 0 N–H and O–H groups in total. The van der Waals surface area contributed by atoms with Gasteiger partial charge in [-0.1, -0.05) is 44.0 Å². The Morgan fingerprint density at radius 3 is 2.12 bits per heavy atom. The van der Waals surface area contributed by atoms with E-state index in [1.54, 1.807) is 24.3 Å². The lowest BCUT2D eigenvalue weighted by Crippen LogP contribution is -2.08. The second kappa shape index (κ2) is 8.43. The normalized spacial score (nSPS) is 11.1. The van der Waals surface area contributed by atoms with E-state index in [9.17, 15) is 4.79 Å². The summed E-state index contributed by atoms with van der Waals surface area (Å²) >= 11 is 11.5. The largest absolute Gasteiger partial charge is 0.468 e. The van der Waals surface area contributed by atoms with Gasteiger partial charge in [0.1, 0.15) is 0 Å². The quantitative estimate of drug-likeness (QED) is 0.590. The third kappa shape index (κ3) is 5.38. The number of methoxy groups -OCH3 is 1. The maximum absolute atomic E-state index is 11.0. The Balaban J connectivity index is 0.000000673. The first kappa shape index (κ1) is 15.3. The summed E-state index contributed by atoms with van der Waals surface area (Å²) < 4.78 is 4.49. The topological polar surface area (TPSA) is 26.3 Å². The van der Waals surface area contributed by atoms with Crippen molar-refractivity contribution in [3.05, 3.63) is 34.9 Å². The minimum absolute atomic E-state index is 0.469. The van der Waals surface area contributed by atoms with Gasteiger partial charge in [-0.05, 0) is 17.7 Å². The van der Waals surface area contributed by atoms with Gasteiger partial charge >= 0.3 is 5.97 Å². The van der Waals surface area contributed by atoms with Crippen LogP contribution in [0.25, 0.3) is 0 Å². The van der Waals surface area contributed by atoms with Crippen LogP contribution in [0, 0.1) is 0 Å². The lowest BCUT2D eigenvalue weighted by molar-refractivity contribution is -0.140. The molecular weight excluding hydrogens is 247 g/mol. The van der Waals surface area contributed by atoms with Crippen molar-refractivity contribution >= 4 is 29.2 Å². The maximum atomic E-state index is 11.0. The summed E-state index contributed by atoms with van der Waals surface area (Å²) in [5.74, 6) is -0.469. The first-order valence-corrected chi connectivity index (χ1v) is 5.85. The van der Waals surface area contributed by atoms with Crippen LogP contribution in [-0.4, -0.2) is 13.1 Å². The molecule has 0 spiro atoms. The molecule has 0 radical (unpaired) electrons. The van der Waals surface area contributed by atoms with Crippen LogP contribution in [0.5, 0.6) is 0 Å². The third-order valence-corrected chi connectivity index (χ3v) is 2.25. The Kier molecular flexibility index (Phi) is 8.04. The summed E-state index contributed by atoms with van der Waals surface area (Å²) in [5, 5.41) is -0.153. The highest BCUT2D eigenvalue weighted by Gasteiger charge is 2.17. The van der Waals surface area contributed by atoms with Gasteiger partial charge in [-0.15, -0.1) is 11.6 Å². The molecule has 0 aromatic heterocycles. The van der Waals surface area contributed by atoms with Crippen molar-refractivity contribution in [1.82, 2.24) is 0 Å².